The third-order valence-electron chi connectivity index (χ3n) is 4.53. The summed E-state index contributed by atoms with van der Waals surface area (Å²) in [5, 5.41) is 6.16. The van der Waals surface area contributed by atoms with Crippen LogP contribution in [0.3, 0.4) is 0 Å². The van der Waals surface area contributed by atoms with Crippen molar-refractivity contribution in [1.29, 1.82) is 0 Å². The van der Waals surface area contributed by atoms with Crippen molar-refractivity contribution in [2.45, 2.75) is 30.6 Å². The van der Waals surface area contributed by atoms with Gasteiger partial charge >= 0.3 is 0 Å². The summed E-state index contributed by atoms with van der Waals surface area (Å²) in [7, 11) is -6.70. The standard InChI is InChI=1S/C22H26N4O4S2/c1-4-31(27,28)19-9-5-7-17(11-19)25-21-13-22(24-15-23-21)26-18-8-6-10-20(12-18)32(29,30)14-16(2)3/h5-13,15-16H,4,14H2,1-3H3,(H2,23,24,25,26). The van der Waals surface area contributed by atoms with Gasteiger partial charge in [0.25, 0.3) is 0 Å². The maximum atomic E-state index is 12.5. The molecule has 0 aliphatic rings. The van der Waals surface area contributed by atoms with Crippen LogP contribution < -0.4 is 10.6 Å². The van der Waals surface area contributed by atoms with Crippen molar-refractivity contribution < 1.29 is 16.8 Å². The lowest BCUT2D eigenvalue weighted by atomic mass is 10.3. The number of anilines is 4. The third kappa shape index (κ3) is 6.04. The molecule has 0 aliphatic heterocycles. The molecule has 0 fully saturated rings. The van der Waals surface area contributed by atoms with Crippen LogP contribution in [0.1, 0.15) is 20.8 Å². The van der Waals surface area contributed by atoms with Gasteiger partial charge in [-0.15, -0.1) is 0 Å². The smallest absolute Gasteiger partial charge is 0.178 e. The van der Waals surface area contributed by atoms with Crippen LogP contribution in [-0.4, -0.2) is 38.3 Å². The summed E-state index contributed by atoms with van der Waals surface area (Å²) >= 11 is 0. The fraction of sp³-hybridized carbons (Fsp3) is 0.273. The van der Waals surface area contributed by atoms with E-state index in [-0.39, 0.29) is 27.2 Å². The van der Waals surface area contributed by atoms with Crippen LogP contribution in [0.5, 0.6) is 0 Å². The molecule has 10 heteroatoms. The first-order chi connectivity index (χ1) is 15.1. The second-order valence-corrected chi connectivity index (χ2v) is 12.0. The zero-order valence-corrected chi connectivity index (χ0v) is 19.7. The molecule has 1 aromatic heterocycles. The molecule has 3 aromatic rings. The van der Waals surface area contributed by atoms with Crippen molar-refractivity contribution in [1.82, 2.24) is 9.97 Å². The van der Waals surface area contributed by atoms with Crippen molar-refractivity contribution in [3.05, 3.63) is 60.9 Å². The molecule has 0 radical (unpaired) electrons. The summed E-state index contributed by atoms with van der Waals surface area (Å²) in [6.45, 7) is 5.33. The first-order valence-electron chi connectivity index (χ1n) is 10.1. The summed E-state index contributed by atoms with van der Waals surface area (Å²) in [5.41, 5.74) is 1.15. The summed E-state index contributed by atoms with van der Waals surface area (Å²) in [5.74, 6) is 1.03. The average Bonchev–Trinajstić information content (AvgIpc) is 2.73. The maximum Gasteiger partial charge on any atom is 0.178 e. The van der Waals surface area contributed by atoms with Crippen LogP contribution in [0.4, 0.5) is 23.0 Å². The van der Waals surface area contributed by atoms with Crippen LogP contribution in [-0.2, 0) is 19.7 Å². The van der Waals surface area contributed by atoms with Gasteiger partial charge in [-0.05, 0) is 42.3 Å². The Morgan fingerprint density at radius 2 is 1.28 bits per heavy atom. The second kappa shape index (κ2) is 9.66. The van der Waals surface area contributed by atoms with Crippen molar-refractivity contribution >= 4 is 42.7 Å². The number of sulfone groups is 2. The third-order valence-corrected chi connectivity index (χ3v) is 8.34. The van der Waals surface area contributed by atoms with Crippen LogP contribution in [0, 0.1) is 5.92 Å². The number of benzene rings is 2. The number of rotatable bonds is 9. The van der Waals surface area contributed by atoms with Gasteiger partial charge in [-0.3, -0.25) is 0 Å². The fourth-order valence-electron chi connectivity index (χ4n) is 3.03. The molecule has 0 saturated heterocycles. The molecular weight excluding hydrogens is 448 g/mol. The van der Waals surface area contributed by atoms with E-state index in [1.807, 2.05) is 13.8 Å². The minimum atomic E-state index is -3.38. The largest absolute Gasteiger partial charge is 0.340 e. The fourth-order valence-corrected chi connectivity index (χ4v) is 5.61. The van der Waals surface area contributed by atoms with E-state index in [9.17, 15) is 16.8 Å². The van der Waals surface area contributed by atoms with E-state index in [1.54, 1.807) is 61.5 Å². The van der Waals surface area contributed by atoms with Gasteiger partial charge in [0.15, 0.2) is 19.7 Å². The van der Waals surface area contributed by atoms with Crippen LogP contribution in [0.15, 0.2) is 70.7 Å². The van der Waals surface area contributed by atoms with Gasteiger partial charge in [-0.2, -0.15) is 0 Å². The summed E-state index contributed by atoms with van der Waals surface area (Å²) < 4.78 is 49.3. The topological polar surface area (TPSA) is 118 Å². The van der Waals surface area contributed by atoms with Gasteiger partial charge in [-0.25, -0.2) is 26.8 Å². The van der Waals surface area contributed by atoms with Crippen molar-refractivity contribution in [3.8, 4) is 0 Å². The highest BCUT2D eigenvalue weighted by Crippen LogP contribution is 2.24. The van der Waals surface area contributed by atoms with E-state index in [1.165, 1.54) is 6.33 Å². The molecule has 170 valence electrons. The highest BCUT2D eigenvalue weighted by Gasteiger charge is 2.17. The van der Waals surface area contributed by atoms with E-state index in [0.717, 1.165) is 0 Å². The maximum absolute atomic E-state index is 12.5. The minimum absolute atomic E-state index is 0.0178. The summed E-state index contributed by atoms with van der Waals surface area (Å²) in [4.78, 5) is 8.83. The molecule has 0 saturated carbocycles. The number of nitrogens with zero attached hydrogens (tertiary/aromatic N) is 2. The molecule has 32 heavy (non-hydrogen) atoms. The van der Waals surface area contributed by atoms with Crippen LogP contribution in [0.2, 0.25) is 0 Å². The molecular formula is C22H26N4O4S2. The minimum Gasteiger partial charge on any atom is -0.340 e. The van der Waals surface area contributed by atoms with Gasteiger partial charge in [0, 0.05) is 17.4 Å². The average molecular weight is 475 g/mol. The molecule has 2 N–H and O–H groups in total. The normalized spacial score (nSPS) is 12.0. The Labute approximate surface area is 189 Å². The Bertz CT molecular complexity index is 1310. The highest BCUT2D eigenvalue weighted by atomic mass is 32.2. The molecule has 0 atom stereocenters. The molecule has 0 amide bonds. The lowest BCUT2D eigenvalue weighted by molar-refractivity contribution is 0.582. The molecule has 1 heterocycles. The SMILES string of the molecule is CCS(=O)(=O)c1cccc(Nc2cc(Nc3cccc(S(=O)(=O)CC(C)C)c3)ncn2)c1. The monoisotopic (exact) mass is 474 g/mol. The van der Waals surface area contributed by atoms with E-state index >= 15 is 0 Å². The van der Waals surface area contributed by atoms with Crippen molar-refractivity contribution in [2.24, 2.45) is 5.92 Å². The number of aromatic nitrogens is 2. The second-order valence-electron chi connectivity index (χ2n) is 7.67. The Morgan fingerprint density at radius 1 is 0.781 bits per heavy atom. The summed E-state index contributed by atoms with van der Waals surface area (Å²) in [6, 6.07) is 14.7. The van der Waals surface area contributed by atoms with E-state index in [2.05, 4.69) is 20.6 Å². The van der Waals surface area contributed by atoms with Gasteiger partial charge in [0.05, 0.1) is 21.3 Å². The molecule has 0 unspecified atom stereocenters. The Hall–Kier alpha value is -2.98. The van der Waals surface area contributed by atoms with Gasteiger partial charge in [-0.1, -0.05) is 32.9 Å². The Balaban J connectivity index is 1.80. The summed E-state index contributed by atoms with van der Waals surface area (Å²) in [6.07, 6.45) is 1.36. The van der Waals surface area contributed by atoms with E-state index in [0.29, 0.717) is 23.0 Å². The Kier molecular flexibility index (Phi) is 7.15. The van der Waals surface area contributed by atoms with Crippen molar-refractivity contribution in [3.63, 3.8) is 0 Å². The molecule has 0 spiro atoms. The van der Waals surface area contributed by atoms with Gasteiger partial charge in [0.1, 0.15) is 18.0 Å². The van der Waals surface area contributed by atoms with Gasteiger partial charge < -0.3 is 10.6 Å². The highest BCUT2D eigenvalue weighted by molar-refractivity contribution is 7.91. The number of nitrogens with one attached hydrogen (secondary N) is 2. The zero-order chi connectivity index (χ0) is 23.4. The van der Waals surface area contributed by atoms with Crippen LogP contribution >= 0.6 is 0 Å². The first kappa shape index (κ1) is 23.7. The number of hydrogen-bond acceptors (Lipinski definition) is 8. The first-order valence-corrected chi connectivity index (χ1v) is 13.4. The van der Waals surface area contributed by atoms with Crippen LogP contribution in [0.25, 0.3) is 0 Å². The Morgan fingerprint density at radius 3 is 1.75 bits per heavy atom. The molecule has 0 aliphatic carbocycles. The molecule has 2 aromatic carbocycles. The van der Waals surface area contributed by atoms with E-state index < -0.39 is 19.7 Å². The quantitative estimate of drug-likeness (QED) is 0.474. The van der Waals surface area contributed by atoms with Gasteiger partial charge in [0.2, 0.25) is 0 Å². The lowest BCUT2D eigenvalue weighted by Crippen LogP contribution is -2.12. The predicted molar refractivity (Wildman–Crippen MR) is 126 cm³/mol. The lowest BCUT2D eigenvalue weighted by Gasteiger charge is -2.11. The molecule has 3 rings (SSSR count). The van der Waals surface area contributed by atoms with Crippen molar-refractivity contribution in [2.75, 3.05) is 22.1 Å². The predicted octanol–water partition coefficient (Wildman–Crippen LogP) is 4.19. The van der Waals surface area contributed by atoms with E-state index in [4.69, 9.17) is 0 Å². The molecule has 8 nitrogen and oxygen atoms in total. The zero-order valence-electron chi connectivity index (χ0n) is 18.1. The molecule has 0 bridgehead atoms. The number of hydrogen-bond donors (Lipinski definition) is 2.